The van der Waals surface area contributed by atoms with Gasteiger partial charge in [-0.05, 0) is 13.0 Å². The molecule has 3 aromatic rings. The standard InChI is InChI=1S/C14H13N3O3/c1-3-17-9-7-5-4-6-8(9)11-12(17)10(14(19)20)13(18)16(2)15-11/h4-7H,3H2,1-2H3,(H,19,20). The second-order valence-electron chi connectivity index (χ2n) is 4.57. The second kappa shape index (κ2) is 4.19. The van der Waals surface area contributed by atoms with E-state index in [1.54, 1.807) is 0 Å². The summed E-state index contributed by atoms with van der Waals surface area (Å²) in [6, 6.07) is 7.53. The van der Waals surface area contributed by atoms with E-state index in [2.05, 4.69) is 5.10 Å². The Morgan fingerprint density at radius 2 is 2.05 bits per heavy atom. The molecule has 6 heteroatoms. The number of carboxylic acid groups (broad SMARTS) is 1. The Labute approximate surface area is 113 Å². The van der Waals surface area contributed by atoms with E-state index in [1.165, 1.54) is 7.05 Å². The van der Waals surface area contributed by atoms with Crippen molar-refractivity contribution in [2.24, 2.45) is 7.05 Å². The van der Waals surface area contributed by atoms with Gasteiger partial charge in [0.25, 0.3) is 5.56 Å². The lowest BCUT2D eigenvalue weighted by molar-refractivity contribution is 0.0696. The molecule has 0 saturated heterocycles. The third-order valence-electron chi connectivity index (χ3n) is 3.47. The van der Waals surface area contributed by atoms with Crippen LogP contribution in [0.25, 0.3) is 21.9 Å². The number of aromatic carboxylic acids is 1. The van der Waals surface area contributed by atoms with Crippen LogP contribution >= 0.6 is 0 Å². The molecule has 0 spiro atoms. The molecule has 0 fully saturated rings. The van der Waals surface area contributed by atoms with Crippen LogP contribution in [0.3, 0.4) is 0 Å². The predicted molar refractivity (Wildman–Crippen MR) is 75.1 cm³/mol. The maximum Gasteiger partial charge on any atom is 0.343 e. The summed E-state index contributed by atoms with van der Waals surface area (Å²) in [5.74, 6) is -1.23. The van der Waals surface area contributed by atoms with Crippen molar-refractivity contribution in [3.05, 3.63) is 40.2 Å². The highest BCUT2D eigenvalue weighted by Crippen LogP contribution is 2.28. The molecule has 20 heavy (non-hydrogen) atoms. The number of nitrogens with zero attached hydrogens (tertiary/aromatic N) is 3. The minimum absolute atomic E-state index is 0.226. The van der Waals surface area contributed by atoms with Gasteiger partial charge in [0, 0.05) is 19.0 Å². The fourth-order valence-corrected chi connectivity index (χ4v) is 2.62. The first-order valence-corrected chi connectivity index (χ1v) is 6.27. The molecule has 0 aliphatic heterocycles. The average molecular weight is 271 g/mol. The SMILES string of the molecule is CCn1c2ccccc2c2nn(C)c(=O)c(C(=O)O)c21. The maximum atomic E-state index is 12.1. The Hall–Kier alpha value is -2.63. The normalized spacial score (nSPS) is 11.3. The minimum Gasteiger partial charge on any atom is -0.477 e. The molecule has 0 saturated carbocycles. The van der Waals surface area contributed by atoms with Gasteiger partial charge in [0.2, 0.25) is 0 Å². The van der Waals surface area contributed by atoms with E-state index in [9.17, 15) is 14.7 Å². The van der Waals surface area contributed by atoms with Crippen molar-refractivity contribution < 1.29 is 9.90 Å². The number of hydrogen-bond acceptors (Lipinski definition) is 3. The quantitative estimate of drug-likeness (QED) is 0.768. The van der Waals surface area contributed by atoms with Gasteiger partial charge in [-0.25, -0.2) is 9.48 Å². The van der Waals surface area contributed by atoms with Crippen LogP contribution in [-0.2, 0) is 13.6 Å². The van der Waals surface area contributed by atoms with Crippen molar-refractivity contribution in [2.45, 2.75) is 13.5 Å². The number of rotatable bonds is 2. The van der Waals surface area contributed by atoms with E-state index in [0.717, 1.165) is 15.6 Å². The van der Waals surface area contributed by atoms with Crippen LogP contribution in [0.15, 0.2) is 29.1 Å². The number of para-hydroxylation sites is 1. The fourth-order valence-electron chi connectivity index (χ4n) is 2.62. The van der Waals surface area contributed by atoms with E-state index in [-0.39, 0.29) is 5.56 Å². The first-order chi connectivity index (χ1) is 9.56. The molecule has 3 rings (SSSR count). The molecule has 0 unspecified atom stereocenters. The average Bonchev–Trinajstić information content (AvgIpc) is 2.73. The number of carbonyl (C=O) groups is 1. The highest BCUT2D eigenvalue weighted by molar-refractivity contribution is 6.12. The molecule has 6 nitrogen and oxygen atoms in total. The van der Waals surface area contributed by atoms with Gasteiger partial charge in [-0.15, -0.1) is 0 Å². The topological polar surface area (TPSA) is 77.1 Å². The van der Waals surface area contributed by atoms with Crippen molar-refractivity contribution in [1.29, 1.82) is 0 Å². The van der Waals surface area contributed by atoms with Gasteiger partial charge >= 0.3 is 5.97 Å². The largest absolute Gasteiger partial charge is 0.477 e. The molecule has 0 radical (unpaired) electrons. The number of benzene rings is 1. The predicted octanol–water partition coefficient (Wildman–Crippen LogP) is 1.61. The minimum atomic E-state index is -1.23. The number of aromatic nitrogens is 3. The summed E-state index contributed by atoms with van der Waals surface area (Å²) in [5, 5.41) is 14.5. The first kappa shape index (κ1) is 12.4. The lowest BCUT2D eigenvalue weighted by Crippen LogP contribution is -2.27. The number of carboxylic acids is 1. The summed E-state index contributed by atoms with van der Waals surface area (Å²) in [5.41, 5.74) is 0.995. The molecule has 1 aromatic carbocycles. The summed E-state index contributed by atoms with van der Waals surface area (Å²) < 4.78 is 2.90. The van der Waals surface area contributed by atoms with Crippen LogP contribution in [0.4, 0.5) is 0 Å². The molecule has 2 heterocycles. The summed E-state index contributed by atoms with van der Waals surface area (Å²) in [6.07, 6.45) is 0. The van der Waals surface area contributed by atoms with Gasteiger partial charge < -0.3 is 9.67 Å². The van der Waals surface area contributed by atoms with Crippen LogP contribution in [0.2, 0.25) is 0 Å². The van der Waals surface area contributed by atoms with Crippen molar-refractivity contribution in [3.63, 3.8) is 0 Å². The summed E-state index contributed by atoms with van der Waals surface area (Å²) in [4.78, 5) is 23.6. The van der Waals surface area contributed by atoms with Crippen LogP contribution in [0.5, 0.6) is 0 Å². The zero-order valence-electron chi connectivity index (χ0n) is 11.1. The van der Waals surface area contributed by atoms with Crippen molar-refractivity contribution in [1.82, 2.24) is 14.3 Å². The Morgan fingerprint density at radius 1 is 1.35 bits per heavy atom. The third-order valence-corrected chi connectivity index (χ3v) is 3.47. The van der Waals surface area contributed by atoms with E-state index in [4.69, 9.17) is 0 Å². The van der Waals surface area contributed by atoms with Crippen LogP contribution in [0.1, 0.15) is 17.3 Å². The Bertz CT molecular complexity index is 905. The summed E-state index contributed by atoms with van der Waals surface area (Å²) in [7, 11) is 1.46. The molecular formula is C14H13N3O3. The Kier molecular flexibility index (Phi) is 2.60. The van der Waals surface area contributed by atoms with Gasteiger partial charge in [-0.2, -0.15) is 5.10 Å². The van der Waals surface area contributed by atoms with Crippen molar-refractivity contribution in [3.8, 4) is 0 Å². The van der Waals surface area contributed by atoms with E-state index >= 15 is 0 Å². The Balaban J connectivity index is 2.70. The second-order valence-corrected chi connectivity index (χ2v) is 4.57. The zero-order valence-corrected chi connectivity index (χ0v) is 11.1. The molecule has 0 bridgehead atoms. The Morgan fingerprint density at radius 3 is 2.70 bits per heavy atom. The third kappa shape index (κ3) is 1.48. The smallest absolute Gasteiger partial charge is 0.343 e. The summed E-state index contributed by atoms with van der Waals surface area (Å²) >= 11 is 0. The van der Waals surface area contributed by atoms with Crippen molar-refractivity contribution >= 4 is 27.9 Å². The molecule has 1 N–H and O–H groups in total. The molecule has 0 atom stereocenters. The van der Waals surface area contributed by atoms with Gasteiger partial charge in [-0.1, -0.05) is 18.2 Å². The van der Waals surface area contributed by atoms with Crippen LogP contribution in [0, 0.1) is 0 Å². The molecule has 0 aliphatic rings. The highest BCUT2D eigenvalue weighted by atomic mass is 16.4. The van der Waals surface area contributed by atoms with E-state index in [0.29, 0.717) is 17.6 Å². The van der Waals surface area contributed by atoms with E-state index < -0.39 is 11.5 Å². The number of hydrogen-bond donors (Lipinski definition) is 1. The van der Waals surface area contributed by atoms with Gasteiger partial charge in [-0.3, -0.25) is 4.79 Å². The van der Waals surface area contributed by atoms with Gasteiger partial charge in [0.05, 0.1) is 11.0 Å². The number of aryl methyl sites for hydroxylation is 2. The van der Waals surface area contributed by atoms with Crippen molar-refractivity contribution in [2.75, 3.05) is 0 Å². The number of fused-ring (bicyclic) bond motifs is 3. The monoisotopic (exact) mass is 271 g/mol. The molecule has 2 aromatic heterocycles. The molecule has 0 aliphatic carbocycles. The zero-order chi connectivity index (χ0) is 14.4. The van der Waals surface area contributed by atoms with Gasteiger partial charge in [0.1, 0.15) is 5.52 Å². The summed E-state index contributed by atoms with van der Waals surface area (Å²) in [6.45, 7) is 2.48. The van der Waals surface area contributed by atoms with E-state index in [1.807, 2.05) is 35.8 Å². The highest BCUT2D eigenvalue weighted by Gasteiger charge is 2.22. The first-order valence-electron chi connectivity index (χ1n) is 6.27. The lowest BCUT2D eigenvalue weighted by atomic mass is 10.2. The molecular weight excluding hydrogens is 258 g/mol. The molecule has 102 valence electrons. The maximum absolute atomic E-state index is 12.1. The van der Waals surface area contributed by atoms with Gasteiger partial charge in [0.15, 0.2) is 5.56 Å². The fraction of sp³-hybridized carbons (Fsp3) is 0.214. The molecule has 0 amide bonds. The van der Waals surface area contributed by atoms with Crippen LogP contribution in [-0.4, -0.2) is 25.4 Å². The lowest BCUT2D eigenvalue weighted by Gasteiger charge is -2.06. The van der Waals surface area contributed by atoms with Crippen LogP contribution < -0.4 is 5.56 Å².